The molecule has 0 spiro atoms. The van der Waals surface area contributed by atoms with E-state index in [0.29, 0.717) is 16.5 Å². The Morgan fingerprint density at radius 2 is 1.77 bits per heavy atom. The zero-order valence-electron chi connectivity index (χ0n) is 17.7. The van der Waals surface area contributed by atoms with E-state index in [1.807, 2.05) is 0 Å². The molecule has 4 aromatic rings. The molecule has 1 N–H and O–H groups in total. The van der Waals surface area contributed by atoms with Crippen molar-refractivity contribution in [1.82, 2.24) is 0 Å². The van der Waals surface area contributed by atoms with E-state index in [0.717, 1.165) is 0 Å². The molecule has 1 heterocycles. The summed E-state index contributed by atoms with van der Waals surface area (Å²) in [6.45, 7) is 0.00948. The Morgan fingerprint density at radius 1 is 1.00 bits per heavy atom. The van der Waals surface area contributed by atoms with E-state index >= 15 is 0 Å². The zero-order valence-corrected chi connectivity index (χ0v) is 19.2. The molecule has 0 aliphatic heterocycles. The van der Waals surface area contributed by atoms with E-state index in [-0.39, 0.29) is 46.1 Å². The number of hydrogen-bond acceptors (Lipinski definition) is 6. The SMILES string of the molecule is O=C(Nc1cc(Oc2ccc(Cl)cc2Cl)cc([N+](=O)[O-])c1)c1ccc(COc2ccc(F)cc2)o1. The van der Waals surface area contributed by atoms with Gasteiger partial charge in [-0.05, 0) is 54.6 Å². The van der Waals surface area contributed by atoms with Crippen molar-refractivity contribution >= 4 is 40.5 Å². The van der Waals surface area contributed by atoms with Crippen molar-refractivity contribution in [3.63, 3.8) is 0 Å². The van der Waals surface area contributed by atoms with Crippen molar-refractivity contribution in [2.75, 3.05) is 5.32 Å². The third-order valence-corrected chi connectivity index (χ3v) is 5.09. The Morgan fingerprint density at radius 3 is 2.49 bits per heavy atom. The highest BCUT2D eigenvalue weighted by Gasteiger charge is 2.17. The number of nitro benzene ring substituents is 1. The van der Waals surface area contributed by atoms with Gasteiger partial charge in [0.1, 0.15) is 35.4 Å². The molecule has 0 radical (unpaired) electrons. The summed E-state index contributed by atoms with van der Waals surface area (Å²) in [7, 11) is 0. The average Bonchev–Trinajstić information content (AvgIpc) is 3.30. The predicted octanol–water partition coefficient (Wildman–Crippen LogP) is 7.26. The van der Waals surface area contributed by atoms with Crippen molar-refractivity contribution in [2.24, 2.45) is 0 Å². The van der Waals surface area contributed by atoms with E-state index in [4.69, 9.17) is 37.1 Å². The van der Waals surface area contributed by atoms with Gasteiger partial charge in [-0.25, -0.2) is 4.39 Å². The van der Waals surface area contributed by atoms with E-state index in [9.17, 15) is 19.3 Å². The molecule has 0 fully saturated rings. The molecule has 0 bridgehead atoms. The van der Waals surface area contributed by atoms with Crippen LogP contribution in [0.15, 0.2) is 77.2 Å². The lowest BCUT2D eigenvalue weighted by atomic mass is 10.2. The van der Waals surface area contributed by atoms with Gasteiger partial charge in [0.25, 0.3) is 11.6 Å². The summed E-state index contributed by atoms with van der Waals surface area (Å²) in [6.07, 6.45) is 0. The highest BCUT2D eigenvalue weighted by molar-refractivity contribution is 6.35. The first-order chi connectivity index (χ1) is 16.8. The quantitative estimate of drug-likeness (QED) is 0.195. The molecule has 0 aliphatic carbocycles. The van der Waals surface area contributed by atoms with Crippen LogP contribution in [0, 0.1) is 15.9 Å². The monoisotopic (exact) mass is 516 g/mol. The largest absolute Gasteiger partial charge is 0.486 e. The summed E-state index contributed by atoms with van der Waals surface area (Å²) in [5.74, 6) is 0.00238. The molecule has 0 saturated heterocycles. The predicted molar refractivity (Wildman–Crippen MR) is 127 cm³/mol. The van der Waals surface area contributed by atoms with Gasteiger partial charge >= 0.3 is 0 Å². The van der Waals surface area contributed by atoms with E-state index in [1.54, 1.807) is 12.1 Å². The van der Waals surface area contributed by atoms with Gasteiger partial charge < -0.3 is 19.2 Å². The highest BCUT2D eigenvalue weighted by atomic mass is 35.5. The summed E-state index contributed by atoms with van der Waals surface area (Å²) in [5.41, 5.74) is -0.208. The second kappa shape index (κ2) is 10.5. The van der Waals surface area contributed by atoms with E-state index in [1.165, 1.54) is 60.7 Å². The van der Waals surface area contributed by atoms with Crippen molar-refractivity contribution in [3.8, 4) is 17.2 Å². The molecule has 0 atom stereocenters. The number of carbonyl (C=O) groups excluding carboxylic acids is 1. The lowest BCUT2D eigenvalue weighted by Crippen LogP contribution is -2.11. The van der Waals surface area contributed by atoms with Gasteiger partial charge in [-0.2, -0.15) is 0 Å². The Bertz CT molecular complexity index is 1390. The molecule has 1 amide bonds. The second-order valence-corrected chi connectivity index (χ2v) is 7.96. The molecular formula is C24H15Cl2FN2O6. The first-order valence-corrected chi connectivity index (χ1v) is 10.7. The molecule has 3 aromatic carbocycles. The van der Waals surface area contributed by atoms with Gasteiger partial charge in [-0.15, -0.1) is 0 Å². The number of furan rings is 1. The minimum absolute atomic E-state index is 0.00948. The number of nitrogens with one attached hydrogen (secondary N) is 1. The number of ether oxygens (including phenoxy) is 2. The first kappa shape index (κ1) is 24.1. The number of amides is 1. The standard InChI is InChI=1S/C24H15Cl2FN2O6/c25-14-1-7-22(21(26)9-14)35-20-11-16(10-17(12-20)29(31)32)28-24(30)23-8-6-19(34-23)13-33-18-4-2-15(27)3-5-18/h1-12H,13H2,(H,28,30). The molecule has 4 rings (SSSR count). The van der Waals surface area contributed by atoms with Crippen LogP contribution in [0.5, 0.6) is 17.2 Å². The summed E-state index contributed by atoms with van der Waals surface area (Å²) in [4.78, 5) is 23.4. The fourth-order valence-electron chi connectivity index (χ4n) is 2.96. The van der Waals surface area contributed by atoms with E-state index in [2.05, 4.69) is 5.32 Å². The van der Waals surface area contributed by atoms with Crippen LogP contribution < -0.4 is 14.8 Å². The van der Waals surface area contributed by atoms with Crippen LogP contribution in [0.4, 0.5) is 15.8 Å². The fraction of sp³-hybridized carbons (Fsp3) is 0.0417. The smallest absolute Gasteiger partial charge is 0.291 e. The summed E-state index contributed by atoms with van der Waals surface area (Å²) < 4.78 is 29.6. The third kappa shape index (κ3) is 6.28. The van der Waals surface area contributed by atoms with Crippen LogP contribution in [0.3, 0.4) is 0 Å². The molecule has 8 nitrogen and oxygen atoms in total. The lowest BCUT2D eigenvalue weighted by molar-refractivity contribution is -0.384. The van der Waals surface area contributed by atoms with Crippen molar-refractivity contribution in [1.29, 1.82) is 0 Å². The second-order valence-electron chi connectivity index (χ2n) is 7.11. The van der Waals surface area contributed by atoms with Crippen LogP contribution in [-0.4, -0.2) is 10.8 Å². The van der Waals surface area contributed by atoms with Gasteiger partial charge in [-0.1, -0.05) is 23.2 Å². The van der Waals surface area contributed by atoms with E-state index < -0.39 is 10.8 Å². The summed E-state index contributed by atoms with van der Waals surface area (Å²) in [5, 5.41) is 14.5. The van der Waals surface area contributed by atoms with Crippen molar-refractivity contribution in [3.05, 3.63) is 110 Å². The molecular weight excluding hydrogens is 502 g/mol. The number of nitro groups is 1. The number of nitrogens with zero attached hydrogens (tertiary/aromatic N) is 1. The summed E-state index contributed by atoms with van der Waals surface area (Å²) in [6, 6.07) is 16.7. The Hall–Kier alpha value is -4.08. The molecule has 0 aliphatic rings. The summed E-state index contributed by atoms with van der Waals surface area (Å²) >= 11 is 12.0. The maximum Gasteiger partial charge on any atom is 0.291 e. The number of non-ortho nitro benzene ring substituents is 1. The van der Waals surface area contributed by atoms with Gasteiger partial charge in [0.2, 0.25) is 0 Å². The molecule has 178 valence electrons. The fourth-order valence-corrected chi connectivity index (χ4v) is 3.41. The Labute approximate surface area is 207 Å². The van der Waals surface area contributed by atoms with Crippen LogP contribution in [0.2, 0.25) is 10.0 Å². The third-order valence-electron chi connectivity index (χ3n) is 4.56. The number of hydrogen-bond donors (Lipinski definition) is 1. The topological polar surface area (TPSA) is 104 Å². The number of halogens is 3. The van der Waals surface area contributed by atoms with Crippen LogP contribution >= 0.6 is 23.2 Å². The van der Waals surface area contributed by atoms with Gasteiger partial charge in [-0.3, -0.25) is 14.9 Å². The maximum atomic E-state index is 13.0. The molecule has 11 heteroatoms. The van der Waals surface area contributed by atoms with Gasteiger partial charge in [0.15, 0.2) is 5.76 Å². The number of rotatable bonds is 8. The molecule has 1 aromatic heterocycles. The first-order valence-electron chi connectivity index (χ1n) is 9.97. The van der Waals surface area contributed by atoms with Crippen molar-refractivity contribution in [2.45, 2.75) is 6.61 Å². The minimum atomic E-state index is -0.644. The average molecular weight is 517 g/mol. The number of benzene rings is 3. The Kier molecular flexibility index (Phi) is 7.19. The van der Waals surface area contributed by atoms with Gasteiger partial charge in [0, 0.05) is 17.2 Å². The highest BCUT2D eigenvalue weighted by Crippen LogP contribution is 2.34. The lowest BCUT2D eigenvalue weighted by Gasteiger charge is -2.10. The van der Waals surface area contributed by atoms with Gasteiger partial charge in [0.05, 0.1) is 21.7 Å². The number of anilines is 1. The molecule has 35 heavy (non-hydrogen) atoms. The van der Waals surface area contributed by atoms with Crippen LogP contribution in [-0.2, 0) is 6.61 Å². The van der Waals surface area contributed by atoms with Crippen LogP contribution in [0.1, 0.15) is 16.3 Å². The molecule has 0 unspecified atom stereocenters. The maximum absolute atomic E-state index is 13.0. The zero-order chi connectivity index (χ0) is 24.9. The molecule has 0 saturated carbocycles. The Balaban J connectivity index is 1.47. The minimum Gasteiger partial charge on any atom is -0.486 e. The normalized spacial score (nSPS) is 10.6. The van der Waals surface area contributed by atoms with Crippen LogP contribution in [0.25, 0.3) is 0 Å². The van der Waals surface area contributed by atoms with Crippen molar-refractivity contribution < 1.29 is 28.0 Å². The number of carbonyl (C=O) groups is 1.